The van der Waals surface area contributed by atoms with Crippen LogP contribution in [0.3, 0.4) is 0 Å². The number of H-pyrrole nitrogens is 1. The first-order valence-electron chi connectivity index (χ1n) is 5.35. The van der Waals surface area contributed by atoms with Crippen molar-refractivity contribution in [3.05, 3.63) is 38.6 Å². The van der Waals surface area contributed by atoms with Gasteiger partial charge in [0.15, 0.2) is 5.43 Å². The molecule has 0 saturated heterocycles. The third kappa shape index (κ3) is 1.83. The van der Waals surface area contributed by atoms with E-state index in [1.165, 1.54) is 7.11 Å². The Morgan fingerprint density at radius 2 is 2.22 bits per heavy atom. The first-order valence-corrected chi connectivity index (χ1v) is 5.72. The Morgan fingerprint density at radius 3 is 2.83 bits per heavy atom. The van der Waals surface area contributed by atoms with Gasteiger partial charge in [0.2, 0.25) is 0 Å². The van der Waals surface area contributed by atoms with Gasteiger partial charge < -0.3 is 9.72 Å². The van der Waals surface area contributed by atoms with Gasteiger partial charge in [0.05, 0.1) is 35.5 Å². The van der Waals surface area contributed by atoms with Crippen molar-refractivity contribution in [3.63, 3.8) is 0 Å². The first-order chi connectivity index (χ1) is 8.60. The number of methoxy groups -OCH3 is 1. The van der Waals surface area contributed by atoms with Crippen molar-refractivity contribution in [2.75, 3.05) is 7.11 Å². The number of hydrogen-bond acceptors (Lipinski definition) is 3. The zero-order valence-electron chi connectivity index (χ0n) is 10.0. The summed E-state index contributed by atoms with van der Waals surface area (Å²) in [6, 6.07) is 5.30. The molecule has 18 heavy (non-hydrogen) atoms. The van der Waals surface area contributed by atoms with Crippen molar-refractivity contribution in [1.29, 1.82) is 5.26 Å². The second kappa shape index (κ2) is 4.71. The number of aromatic amines is 1. The number of nitrogens with zero attached hydrogens (tertiary/aromatic N) is 1. The Hall–Kier alpha value is -1.99. The third-order valence-electron chi connectivity index (χ3n) is 2.86. The summed E-state index contributed by atoms with van der Waals surface area (Å²) < 4.78 is 5.20. The number of pyridine rings is 1. The van der Waals surface area contributed by atoms with Crippen molar-refractivity contribution in [2.45, 2.75) is 13.3 Å². The maximum absolute atomic E-state index is 12.3. The topological polar surface area (TPSA) is 65.9 Å². The number of aromatic nitrogens is 1. The third-order valence-corrected chi connectivity index (χ3v) is 3.17. The lowest BCUT2D eigenvalue weighted by Gasteiger charge is -2.10. The molecule has 0 bridgehead atoms. The monoisotopic (exact) mass is 262 g/mol. The highest BCUT2D eigenvalue weighted by molar-refractivity contribution is 6.35. The van der Waals surface area contributed by atoms with Crippen LogP contribution in [0.25, 0.3) is 10.9 Å². The molecule has 2 rings (SSSR count). The smallest absolute Gasteiger partial charge is 0.195 e. The Labute approximate surface area is 109 Å². The van der Waals surface area contributed by atoms with Crippen LogP contribution in [0.4, 0.5) is 0 Å². The predicted octanol–water partition coefficient (Wildman–Crippen LogP) is 2.56. The van der Waals surface area contributed by atoms with Gasteiger partial charge in [-0.2, -0.15) is 5.26 Å². The summed E-state index contributed by atoms with van der Waals surface area (Å²) in [5.74, 6) is 0.554. The fraction of sp³-hybridized carbons (Fsp3) is 0.231. The van der Waals surface area contributed by atoms with Crippen LogP contribution in [0.1, 0.15) is 11.3 Å². The minimum atomic E-state index is -0.216. The van der Waals surface area contributed by atoms with Crippen LogP contribution >= 0.6 is 11.6 Å². The van der Waals surface area contributed by atoms with Gasteiger partial charge in [-0.1, -0.05) is 11.6 Å². The van der Waals surface area contributed by atoms with Crippen molar-refractivity contribution < 1.29 is 4.74 Å². The van der Waals surface area contributed by atoms with Crippen molar-refractivity contribution in [1.82, 2.24) is 4.98 Å². The predicted molar refractivity (Wildman–Crippen MR) is 70.2 cm³/mol. The number of nitrogens with one attached hydrogen (secondary N) is 1. The summed E-state index contributed by atoms with van der Waals surface area (Å²) in [6.07, 6.45) is 0.0602. The highest BCUT2D eigenvalue weighted by Crippen LogP contribution is 2.28. The molecule has 0 radical (unpaired) electrons. The van der Waals surface area contributed by atoms with E-state index in [1.54, 1.807) is 19.1 Å². The molecule has 0 spiro atoms. The average Bonchev–Trinajstić information content (AvgIpc) is 2.34. The molecule has 0 unspecified atom stereocenters. The zero-order chi connectivity index (χ0) is 13.3. The molecule has 4 nitrogen and oxygen atoms in total. The Balaban J connectivity index is 2.95. The molecule has 2 aromatic rings. The largest absolute Gasteiger partial charge is 0.495 e. The summed E-state index contributed by atoms with van der Waals surface area (Å²) in [5.41, 5.74) is 1.45. The van der Waals surface area contributed by atoms with Crippen LogP contribution in [0, 0.1) is 18.3 Å². The number of aryl methyl sites for hydroxylation is 1. The van der Waals surface area contributed by atoms with E-state index in [0.29, 0.717) is 32.9 Å². The minimum Gasteiger partial charge on any atom is -0.495 e. The van der Waals surface area contributed by atoms with Gasteiger partial charge in [0.25, 0.3) is 0 Å². The Kier molecular flexibility index (Phi) is 3.26. The van der Waals surface area contributed by atoms with Gasteiger partial charge in [-0.05, 0) is 19.1 Å². The van der Waals surface area contributed by atoms with Crippen molar-refractivity contribution >= 4 is 22.5 Å². The molecule has 5 heteroatoms. The van der Waals surface area contributed by atoms with Crippen LogP contribution in [0.5, 0.6) is 5.75 Å². The fourth-order valence-corrected chi connectivity index (χ4v) is 2.19. The van der Waals surface area contributed by atoms with E-state index in [1.807, 2.05) is 6.07 Å². The molecule has 0 atom stereocenters. The highest BCUT2D eigenvalue weighted by Gasteiger charge is 2.14. The van der Waals surface area contributed by atoms with Gasteiger partial charge in [0, 0.05) is 11.3 Å². The maximum Gasteiger partial charge on any atom is 0.195 e. The molecule has 0 aliphatic carbocycles. The second-order valence-corrected chi connectivity index (χ2v) is 4.30. The van der Waals surface area contributed by atoms with E-state index in [2.05, 4.69) is 4.98 Å². The van der Waals surface area contributed by atoms with Crippen molar-refractivity contribution in [2.24, 2.45) is 0 Å². The number of benzene rings is 1. The molecule has 1 heterocycles. The maximum atomic E-state index is 12.3. The lowest BCUT2D eigenvalue weighted by atomic mass is 10.1. The van der Waals surface area contributed by atoms with Gasteiger partial charge in [-0.25, -0.2) is 0 Å². The molecule has 92 valence electrons. The number of rotatable bonds is 2. The highest BCUT2D eigenvalue weighted by atomic mass is 35.5. The summed E-state index contributed by atoms with van der Waals surface area (Å²) in [7, 11) is 1.53. The summed E-state index contributed by atoms with van der Waals surface area (Å²) in [5, 5.41) is 9.47. The van der Waals surface area contributed by atoms with Gasteiger partial charge in [-0.15, -0.1) is 0 Å². The number of fused-ring (bicyclic) bond motifs is 1. The summed E-state index contributed by atoms with van der Waals surface area (Å²) >= 11 is 6.06. The first kappa shape index (κ1) is 12.5. The van der Waals surface area contributed by atoms with Crippen LogP contribution in [0.2, 0.25) is 5.02 Å². The van der Waals surface area contributed by atoms with E-state index in [-0.39, 0.29) is 11.8 Å². The summed E-state index contributed by atoms with van der Waals surface area (Å²) in [4.78, 5) is 15.4. The molecule has 0 amide bonds. The van der Waals surface area contributed by atoms with E-state index in [9.17, 15) is 4.79 Å². The normalized spacial score (nSPS) is 10.3. The molecule has 1 aromatic carbocycles. The minimum absolute atomic E-state index is 0.0602. The average molecular weight is 263 g/mol. The SMILES string of the molecule is COc1ccc(Cl)c2c(=O)c(CC#N)c(C)[nH]c12. The molecule has 1 N–H and O–H groups in total. The van der Waals surface area contributed by atoms with Crippen LogP contribution < -0.4 is 10.2 Å². The van der Waals surface area contributed by atoms with E-state index in [0.717, 1.165) is 0 Å². The lowest BCUT2D eigenvalue weighted by molar-refractivity contribution is 0.419. The number of halogens is 1. The van der Waals surface area contributed by atoms with E-state index in [4.69, 9.17) is 21.6 Å². The molecular formula is C13H11ClN2O2. The Bertz CT molecular complexity index is 713. The van der Waals surface area contributed by atoms with Gasteiger partial charge >= 0.3 is 0 Å². The van der Waals surface area contributed by atoms with Crippen molar-refractivity contribution in [3.8, 4) is 11.8 Å². The molecular weight excluding hydrogens is 252 g/mol. The van der Waals surface area contributed by atoms with Crippen LogP contribution in [-0.4, -0.2) is 12.1 Å². The van der Waals surface area contributed by atoms with E-state index < -0.39 is 0 Å². The Morgan fingerprint density at radius 1 is 1.50 bits per heavy atom. The van der Waals surface area contributed by atoms with E-state index >= 15 is 0 Å². The number of ether oxygens (including phenoxy) is 1. The standard InChI is InChI=1S/C13H11ClN2O2/c1-7-8(5-6-15)13(17)11-9(14)3-4-10(18-2)12(11)16-7/h3-4H,5H2,1-2H3,(H,16,17). The zero-order valence-corrected chi connectivity index (χ0v) is 10.8. The fourth-order valence-electron chi connectivity index (χ4n) is 1.95. The quantitative estimate of drug-likeness (QED) is 0.905. The molecule has 0 saturated carbocycles. The number of hydrogen-bond donors (Lipinski definition) is 1. The molecule has 0 aliphatic heterocycles. The van der Waals surface area contributed by atoms with Gasteiger partial charge in [0.1, 0.15) is 5.75 Å². The molecule has 0 aliphatic rings. The van der Waals surface area contributed by atoms with Crippen LogP contribution in [-0.2, 0) is 6.42 Å². The second-order valence-electron chi connectivity index (χ2n) is 3.89. The number of nitriles is 1. The van der Waals surface area contributed by atoms with Gasteiger partial charge in [-0.3, -0.25) is 4.79 Å². The lowest BCUT2D eigenvalue weighted by Crippen LogP contribution is -2.13. The van der Waals surface area contributed by atoms with Crippen LogP contribution in [0.15, 0.2) is 16.9 Å². The molecule has 0 fully saturated rings. The summed E-state index contributed by atoms with van der Waals surface area (Å²) in [6.45, 7) is 1.76. The molecule has 1 aromatic heterocycles.